The molecule has 0 amide bonds. The summed E-state index contributed by atoms with van der Waals surface area (Å²) in [5, 5.41) is 57.6. The third kappa shape index (κ3) is 6.73. The summed E-state index contributed by atoms with van der Waals surface area (Å²) in [6.07, 6.45) is -7.48. The van der Waals surface area contributed by atoms with E-state index in [1.807, 2.05) is 72.8 Å². The van der Waals surface area contributed by atoms with Crippen molar-refractivity contribution in [2.75, 3.05) is 20.8 Å². The van der Waals surface area contributed by atoms with Crippen LogP contribution < -0.4 is 9.47 Å². The van der Waals surface area contributed by atoms with Gasteiger partial charge in [0.15, 0.2) is 17.9 Å². The van der Waals surface area contributed by atoms with Gasteiger partial charge in [-0.2, -0.15) is 0 Å². The number of benzene rings is 5. The summed E-state index contributed by atoms with van der Waals surface area (Å²) >= 11 is 0. The number of hydrogen-bond donors (Lipinski definition) is 5. The number of carbonyl (C=O) groups excluding carboxylic acids is 3. The Bertz CT molecular complexity index is 2400. The number of ether oxygens (including phenoxy) is 5. The molecule has 310 valence electrons. The van der Waals surface area contributed by atoms with Gasteiger partial charge in [-0.05, 0) is 41.8 Å². The number of aliphatic hydroxyl groups is 3. The summed E-state index contributed by atoms with van der Waals surface area (Å²) in [5.74, 6) is -3.15. The van der Waals surface area contributed by atoms with E-state index in [0.717, 1.165) is 0 Å². The molecule has 5 N–H and O–H groups in total. The maximum absolute atomic E-state index is 14.8. The largest absolute Gasteiger partial charge is 0.507 e. The van der Waals surface area contributed by atoms with Crippen molar-refractivity contribution in [3.63, 3.8) is 0 Å². The SMILES string of the molecule is COc1ccc(C(OCC(=O)C2(O)Cc3c(O)c4c(c(O)c3C(OC3CC(O)C(O)C(C)O3)C2)C(=O)c2c(OC)cccc2C4=O)(c2ccccc2)c2ccccc2)cc1. The van der Waals surface area contributed by atoms with E-state index < -0.39 is 101 Å². The number of aromatic hydroxyl groups is 2. The normalized spacial score (nSPS) is 23.6. The van der Waals surface area contributed by atoms with Crippen molar-refractivity contribution in [3.8, 4) is 23.0 Å². The number of Topliss-reactive ketones (excluding diaryl/α,β-unsaturated/α-hetero) is 1. The second-order valence-electron chi connectivity index (χ2n) is 15.3. The molecule has 0 spiro atoms. The van der Waals surface area contributed by atoms with Crippen LogP contribution in [0.3, 0.4) is 0 Å². The average Bonchev–Trinajstić information content (AvgIpc) is 3.26. The lowest BCUT2D eigenvalue weighted by atomic mass is 9.71. The van der Waals surface area contributed by atoms with Gasteiger partial charge in [0.1, 0.15) is 46.9 Å². The van der Waals surface area contributed by atoms with Crippen molar-refractivity contribution in [2.45, 2.75) is 68.1 Å². The van der Waals surface area contributed by atoms with Crippen molar-refractivity contribution in [2.24, 2.45) is 0 Å². The Morgan fingerprint density at radius 3 is 2.00 bits per heavy atom. The van der Waals surface area contributed by atoms with Crippen LogP contribution in [0.1, 0.15) is 85.5 Å². The Hall–Kier alpha value is -5.93. The van der Waals surface area contributed by atoms with E-state index in [1.54, 1.807) is 19.2 Å². The standard InChI is InChI=1S/C47H44O13/c1-25-41(50)32(48)21-36(59-25)60-34-23-46(55,22-31-38(34)45(54)40-39(43(31)52)42(51)30-15-10-16-33(57-3)37(30)44(40)53)35(49)24-58-47(26-11-6-4-7-12-26,27-13-8-5-9-14-27)28-17-19-29(56-2)20-18-28/h4-20,25,32,34,36,41,48,50,52,54-55H,21-24H2,1-3H3. The summed E-state index contributed by atoms with van der Waals surface area (Å²) < 4.78 is 29.8. The summed E-state index contributed by atoms with van der Waals surface area (Å²) in [4.78, 5) is 43.0. The first-order chi connectivity index (χ1) is 28.8. The van der Waals surface area contributed by atoms with Crippen molar-refractivity contribution in [1.29, 1.82) is 0 Å². The zero-order chi connectivity index (χ0) is 42.5. The lowest BCUT2D eigenvalue weighted by Crippen LogP contribution is -2.51. The Morgan fingerprint density at radius 1 is 0.783 bits per heavy atom. The van der Waals surface area contributed by atoms with E-state index in [1.165, 1.54) is 32.2 Å². The van der Waals surface area contributed by atoms with Gasteiger partial charge in [-0.1, -0.05) is 84.9 Å². The molecule has 0 aromatic heterocycles. The molecule has 5 aromatic carbocycles. The van der Waals surface area contributed by atoms with Gasteiger partial charge in [-0.3, -0.25) is 14.4 Å². The smallest absolute Gasteiger partial charge is 0.202 e. The van der Waals surface area contributed by atoms with Gasteiger partial charge < -0.3 is 49.2 Å². The van der Waals surface area contributed by atoms with Crippen LogP contribution in [0.5, 0.6) is 23.0 Å². The Labute approximate surface area is 345 Å². The third-order valence-corrected chi connectivity index (χ3v) is 11.9. The number of hydrogen-bond acceptors (Lipinski definition) is 13. The molecule has 60 heavy (non-hydrogen) atoms. The molecule has 13 nitrogen and oxygen atoms in total. The molecular formula is C47H44O13. The minimum Gasteiger partial charge on any atom is -0.507 e. The number of methoxy groups -OCH3 is 2. The van der Waals surface area contributed by atoms with Crippen LogP contribution in [0.2, 0.25) is 0 Å². The monoisotopic (exact) mass is 816 g/mol. The van der Waals surface area contributed by atoms with Crippen molar-refractivity contribution < 1.29 is 63.6 Å². The molecule has 6 unspecified atom stereocenters. The Morgan fingerprint density at radius 2 is 1.40 bits per heavy atom. The van der Waals surface area contributed by atoms with Gasteiger partial charge in [0, 0.05) is 36.0 Å². The van der Waals surface area contributed by atoms with E-state index in [2.05, 4.69) is 0 Å². The third-order valence-electron chi connectivity index (χ3n) is 11.9. The molecule has 8 rings (SSSR count). The minimum absolute atomic E-state index is 0.0707. The first-order valence-corrected chi connectivity index (χ1v) is 19.5. The van der Waals surface area contributed by atoms with Gasteiger partial charge in [0.25, 0.3) is 0 Å². The molecule has 5 aromatic rings. The van der Waals surface area contributed by atoms with Gasteiger partial charge >= 0.3 is 0 Å². The van der Waals surface area contributed by atoms with Crippen molar-refractivity contribution in [1.82, 2.24) is 0 Å². The molecule has 0 bridgehead atoms. The van der Waals surface area contributed by atoms with Crippen LogP contribution >= 0.6 is 0 Å². The summed E-state index contributed by atoms with van der Waals surface area (Å²) in [6.45, 7) is 0.845. The predicted molar refractivity (Wildman–Crippen MR) is 214 cm³/mol. The number of aliphatic hydroxyl groups excluding tert-OH is 2. The maximum atomic E-state index is 14.8. The fraction of sp³-hybridized carbons (Fsp3) is 0.298. The highest BCUT2D eigenvalue weighted by Gasteiger charge is 2.51. The van der Waals surface area contributed by atoms with E-state index in [0.29, 0.717) is 22.4 Å². The maximum Gasteiger partial charge on any atom is 0.202 e. The number of carbonyl (C=O) groups is 3. The van der Waals surface area contributed by atoms with E-state index in [9.17, 15) is 39.9 Å². The minimum atomic E-state index is -2.36. The van der Waals surface area contributed by atoms with Gasteiger partial charge in [0.2, 0.25) is 5.78 Å². The predicted octanol–water partition coefficient (Wildman–Crippen LogP) is 5.06. The molecular weight excluding hydrogens is 773 g/mol. The van der Waals surface area contributed by atoms with E-state index >= 15 is 0 Å². The molecule has 1 heterocycles. The Kier molecular flexibility index (Phi) is 10.8. The summed E-state index contributed by atoms with van der Waals surface area (Å²) in [7, 11) is 2.88. The molecule has 13 heteroatoms. The van der Waals surface area contributed by atoms with Crippen LogP contribution in [0.25, 0.3) is 0 Å². The van der Waals surface area contributed by atoms with Crippen LogP contribution in [-0.2, 0) is 31.0 Å². The van der Waals surface area contributed by atoms with E-state index in [4.69, 9.17) is 23.7 Å². The van der Waals surface area contributed by atoms with Gasteiger partial charge in [0.05, 0.1) is 49.2 Å². The lowest BCUT2D eigenvalue weighted by Gasteiger charge is -2.42. The van der Waals surface area contributed by atoms with Crippen molar-refractivity contribution >= 4 is 17.3 Å². The van der Waals surface area contributed by atoms with Gasteiger partial charge in [-0.25, -0.2) is 0 Å². The van der Waals surface area contributed by atoms with Crippen LogP contribution in [0, 0.1) is 0 Å². The fourth-order valence-electron chi connectivity index (χ4n) is 8.77. The van der Waals surface area contributed by atoms with Crippen LogP contribution in [0.4, 0.5) is 0 Å². The lowest BCUT2D eigenvalue weighted by molar-refractivity contribution is -0.266. The highest BCUT2D eigenvalue weighted by molar-refractivity contribution is 6.31. The molecule has 1 aliphatic heterocycles. The fourth-order valence-corrected chi connectivity index (χ4v) is 8.77. The molecule has 2 aliphatic carbocycles. The first-order valence-electron chi connectivity index (χ1n) is 19.5. The highest BCUT2D eigenvalue weighted by Crippen LogP contribution is 2.53. The molecule has 1 saturated heterocycles. The quantitative estimate of drug-likeness (QED) is 0.0860. The zero-order valence-electron chi connectivity index (χ0n) is 33.0. The number of ketones is 3. The highest BCUT2D eigenvalue weighted by atomic mass is 16.7. The second-order valence-corrected chi connectivity index (χ2v) is 15.3. The number of fused-ring (bicyclic) bond motifs is 3. The first kappa shape index (κ1) is 40.8. The molecule has 0 radical (unpaired) electrons. The van der Waals surface area contributed by atoms with Gasteiger partial charge in [-0.15, -0.1) is 0 Å². The van der Waals surface area contributed by atoms with E-state index in [-0.39, 0.29) is 34.4 Å². The number of rotatable bonds is 11. The number of phenolic OH excluding ortho intramolecular Hbond substituents is 2. The van der Waals surface area contributed by atoms with Crippen molar-refractivity contribution in [3.05, 3.63) is 153 Å². The summed E-state index contributed by atoms with van der Waals surface area (Å²) in [6, 6.07) is 30.1. The molecule has 0 saturated carbocycles. The average molecular weight is 817 g/mol. The van der Waals surface area contributed by atoms with Crippen LogP contribution in [-0.4, -0.2) is 93.9 Å². The molecule has 6 atom stereocenters. The summed E-state index contributed by atoms with van der Waals surface area (Å²) in [5.41, 5.74) is -3.30. The Balaban J connectivity index is 1.23. The van der Waals surface area contributed by atoms with Crippen LogP contribution in [0.15, 0.2) is 103 Å². The number of phenols is 2. The molecule has 1 fully saturated rings. The second kappa shape index (κ2) is 15.9. The zero-order valence-corrected chi connectivity index (χ0v) is 33.0. The molecule has 3 aliphatic rings. The topological polar surface area (TPSA) is 199 Å².